The van der Waals surface area contributed by atoms with Gasteiger partial charge in [0.05, 0.1) is 0 Å². The van der Waals surface area contributed by atoms with Crippen molar-refractivity contribution in [2.75, 3.05) is 12.8 Å². The molecule has 0 unspecified atom stereocenters. The van der Waals surface area contributed by atoms with Crippen LogP contribution in [-0.2, 0) is 6.54 Å². The Bertz CT molecular complexity index is 326. The summed E-state index contributed by atoms with van der Waals surface area (Å²) in [5.41, 5.74) is 0.994. The highest BCUT2D eigenvalue weighted by molar-refractivity contribution is 7.99. The smallest absolute Gasteiger partial charge is 0.137 e. The Kier molecular flexibility index (Phi) is 5.85. The van der Waals surface area contributed by atoms with Gasteiger partial charge in [-0.05, 0) is 42.8 Å². The van der Waals surface area contributed by atoms with Gasteiger partial charge in [0.1, 0.15) is 5.82 Å². The summed E-state index contributed by atoms with van der Waals surface area (Å²) in [4.78, 5) is 0.764. The Morgan fingerprint density at radius 1 is 1.38 bits per heavy atom. The molecule has 1 N–H and O–H groups in total. The minimum atomic E-state index is -0.0958. The van der Waals surface area contributed by atoms with Gasteiger partial charge in [-0.15, -0.1) is 11.8 Å². The zero-order chi connectivity index (χ0) is 12.0. The molecular formula is C13H20FNS. The second kappa shape index (κ2) is 6.92. The predicted molar refractivity (Wildman–Crippen MR) is 69.3 cm³/mol. The van der Waals surface area contributed by atoms with Crippen LogP contribution in [0.2, 0.25) is 0 Å². The van der Waals surface area contributed by atoms with Crippen LogP contribution in [0.4, 0.5) is 4.39 Å². The average Bonchev–Trinajstić information content (AvgIpc) is 2.21. The van der Waals surface area contributed by atoms with Gasteiger partial charge in [-0.25, -0.2) is 4.39 Å². The fourth-order valence-corrected chi connectivity index (χ4v) is 2.55. The van der Waals surface area contributed by atoms with E-state index in [0.717, 1.165) is 22.6 Å². The molecule has 0 amide bonds. The van der Waals surface area contributed by atoms with Gasteiger partial charge in [0.15, 0.2) is 0 Å². The van der Waals surface area contributed by atoms with Crippen LogP contribution in [0.3, 0.4) is 0 Å². The Hall–Kier alpha value is -0.540. The van der Waals surface area contributed by atoms with Crippen LogP contribution < -0.4 is 5.32 Å². The average molecular weight is 241 g/mol. The number of thioether (sulfide) groups is 1. The lowest BCUT2D eigenvalue weighted by Crippen LogP contribution is -2.05. The molecule has 0 saturated heterocycles. The van der Waals surface area contributed by atoms with Crippen LogP contribution in [0.1, 0.15) is 25.8 Å². The standard InChI is InChI=1S/C13H20FNS/c1-10(2)6-7-16-13-5-4-11(9-15-3)8-12(13)14/h4-5,8,10,15H,6-7,9H2,1-3H3. The molecular weight excluding hydrogens is 221 g/mol. The van der Waals surface area contributed by atoms with E-state index < -0.39 is 0 Å². The highest BCUT2D eigenvalue weighted by Gasteiger charge is 2.04. The minimum absolute atomic E-state index is 0.0958. The minimum Gasteiger partial charge on any atom is -0.316 e. The molecule has 3 heteroatoms. The number of benzene rings is 1. The lowest BCUT2D eigenvalue weighted by Gasteiger charge is -2.07. The van der Waals surface area contributed by atoms with E-state index in [-0.39, 0.29) is 5.82 Å². The SMILES string of the molecule is CNCc1ccc(SCCC(C)C)c(F)c1. The van der Waals surface area contributed by atoms with Crippen molar-refractivity contribution in [2.45, 2.75) is 31.7 Å². The number of rotatable bonds is 6. The number of hydrogen-bond donors (Lipinski definition) is 1. The third kappa shape index (κ3) is 4.54. The lowest BCUT2D eigenvalue weighted by atomic mass is 10.2. The monoisotopic (exact) mass is 241 g/mol. The molecule has 0 aliphatic heterocycles. The van der Waals surface area contributed by atoms with Gasteiger partial charge in [-0.2, -0.15) is 0 Å². The predicted octanol–water partition coefficient (Wildman–Crippen LogP) is 3.68. The molecule has 0 spiro atoms. The highest BCUT2D eigenvalue weighted by atomic mass is 32.2. The van der Waals surface area contributed by atoms with E-state index in [9.17, 15) is 4.39 Å². The van der Waals surface area contributed by atoms with E-state index in [1.807, 2.05) is 19.2 Å². The Balaban J connectivity index is 2.54. The second-order valence-electron chi connectivity index (χ2n) is 4.33. The first-order valence-corrected chi connectivity index (χ1v) is 6.68. The molecule has 90 valence electrons. The van der Waals surface area contributed by atoms with Gasteiger partial charge in [0.25, 0.3) is 0 Å². The Labute approximate surface area is 102 Å². The van der Waals surface area contributed by atoms with Gasteiger partial charge in [-0.1, -0.05) is 19.9 Å². The van der Waals surface area contributed by atoms with E-state index in [4.69, 9.17) is 0 Å². The Morgan fingerprint density at radius 2 is 2.12 bits per heavy atom. The fraction of sp³-hybridized carbons (Fsp3) is 0.538. The van der Waals surface area contributed by atoms with E-state index >= 15 is 0 Å². The molecule has 0 radical (unpaired) electrons. The van der Waals surface area contributed by atoms with Crippen LogP contribution in [0.15, 0.2) is 23.1 Å². The highest BCUT2D eigenvalue weighted by Crippen LogP contribution is 2.24. The van der Waals surface area contributed by atoms with Gasteiger partial charge in [-0.3, -0.25) is 0 Å². The molecule has 0 aliphatic carbocycles. The van der Waals surface area contributed by atoms with Crippen molar-refractivity contribution in [3.05, 3.63) is 29.6 Å². The van der Waals surface area contributed by atoms with E-state index in [0.29, 0.717) is 12.5 Å². The summed E-state index contributed by atoms with van der Waals surface area (Å²) < 4.78 is 13.6. The van der Waals surface area contributed by atoms with Gasteiger partial charge >= 0.3 is 0 Å². The first-order chi connectivity index (χ1) is 7.63. The molecule has 1 aromatic rings. The van der Waals surface area contributed by atoms with Crippen molar-refractivity contribution in [1.82, 2.24) is 5.32 Å². The molecule has 1 rings (SSSR count). The first kappa shape index (κ1) is 13.5. The molecule has 0 heterocycles. The van der Waals surface area contributed by atoms with Crippen molar-refractivity contribution < 1.29 is 4.39 Å². The lowest BCUT2D eigenvalue weighted by molar-refractivity contribution is 0.596. The summed E-state index contributed by atoms with van der Waals surface area (Å²) >= 11 is 1.61. The van der Waals surface area contributed by atoms with E-state index in [2.05, 4.69) is 19.2 Å². The van der Waals surface area contributed by atoms with E-state index in [1.165, 1.54) is 0 Å². The normalized spacial score (nSPS) is 11.1. The molecule has 0 aliphatic rings. The maximum atomic E-state index is 13.6. The van der Waals surface area contributed by atoms with Crippen molar-refractivity contribution in [3.63, 3.8) is 0 Å². The van der Waals surface area contributed by atoms with E-state index in [1.54, 1.807) is 17.8 Å². The van der Waals surface area contributed by atoms with Gasteiger partial charge in [0, 0.05) is 11.4 Å². The molecule has 16 heavy (non-hydrogen) atoms. The zero-order valence-corrected chi connectivity index (χ0v) is 11.0. The molecule has 0 bridgehead atoms. The van der Waals surface area contributed by atoms with Crippen LogP contribution in [-0.4, -0.2) is 12.8 Å². The third-order valence-electron chi connectivity index (χ3n) is 2.33. The fourth-order valence-electron chi connectivity index (χ4n) is 1.38. The van der Waals surface area contributed by atoms with Crippen LogP contribution >= 0.6 is 11.8 Å². The quantitative estimate of drug-likeness (QED) is 0.762. The molecule has 1 aromatic carbocycles. The zero-order valence-electron chi connectivity index (χ0n) is 10.2. The van der Waals surface area contributed by atoms with Crippen LogP contribution in [0, 0.1) is 11.7 Å². The van der Waals surface area contributed by atoms with Crippen LogP contribution in [0.25, 0.3) is 0 Å². The molecule has 0 aromatic heterocycles. The maximum absolute atomic E-state index is 13.6. The summed E-state index contributed by atoms with van der Waals surface area (Å²) in [6.45, 7) is 5.09. The van der Waals surface area contributed by atoms with Crippen molar-refractivity contribution >= 4 is 11.8 Å². The number of halogens is 1. The van der Waals surface area contributed by atoms with Gasteiger partial charge < -0.3 is 5.32 Å². The molecule has 1 nitrogen and oxygen atoms in total. The summed E-state index contributed by atoms with van der Waals surface area (Å²) in [6.07, 6.45) is 1.13. The number of nitrogens with one attached hydrogen (secondary N) is 1. The third-order valence-corrected chi connectivity index (χ3v) is 3.41. The number of hydrogen-bond acceptors (Lipinski definition) is 2. The summed E-state index contributed by atoms with van der Waals surface area (Å²) in [5, 5.41) is 3.02. The molecule has 0 saturated carbocycles. The summed E-state index contributed by atoms with van der Waals surface area (Å²) in [7, 11) is 1.86. The molecule has 0 atom stereocenters. The first-order valence-electron chi connectivity index (χ1n) is 5.69. The van der Waals surface area contributed by atoms with Crippen molar-refractivity contribution in [1.29, 1.82) is 0 Å². The van der Waals surface area contributed by atoms with Crippen LogP contribution in [0.5, 0.6) is 0 Å². The summed E-state index contributed by atoms with van der Waals surface area (Å²) in [5.74, 6) is 1.57. The Morgan fingerprint density at radius 3 is 2.69 bits per heavy atom. The molecule has 0 fully saturated rings. The van der Waals surface area contributed by atoms with Crippen molar-refractivity contribution in [2.24, 2.45) is 5.92 Å². The largest absolute Gasteiger partial charge is 0.316 e. The van der Waals surface area contributed by atoms with Gasteiger partial charge in [0.2, 0.25) is 0 Å². The topological polar surface area (TPSA) is 12.0 Å². The van der Waals surface area contributed by atoms with Crippen molar-refractivity contribution in [3.8, 4) is 0 Å². The second-order valence-corrected chi connectivity index (χ2v) is 5.46. The maximum Gasteiger partial charge on any atom is 0.137 e. The summed E-state index contributed by atoms with van der Waals surface area (Å²) in [6, 6.07) is 5.48.